The standard InChI is InChI=1S/C17H12FNO3/c1-21-14-8-2-11(3-9-14)10-15-17(20)22-16(19-15)12-4-6-13(18)7-5-12/h2-10H,1H3/b15-10-. The molecule has 3 rings (SSSR count). The average molecular weight is 297 g/mol. The second-order valence-electron chi connectivity index (χ2n) is 4.62. The highest BCUT2D eigenvalue weighted by molar-refractivity contribution is 6.12. The summed E-state index contributed by atoms with van der Waals surface area (Å²) in [5, 5.41) is 0. The molecule has 0 aromatic heterocycles. The van der Waals surface area contributed by atoms with E-state index < -0.39 is 5.97 Å². The Balaban J connectivity index is 1.88. The van der Waals surface area contributed by atoms with E-state index in [-0.39, 0.29) is 17.4 Å². The smallest absolute Gasteiger partial charge is 0.363 e. The van der Waals surface area contributed by atoms with Crippen LogP contribution in [0.2, 0.25) is 0 Å². The van der Waals surface area contributed by atoms with Crippen LogP contribution in [-0.4, -0.2) is 19.0 Å². The summed E-state index contributed by atoms with van der Waals surface area (Å²) in [7, 11) is 1.58. The molecule has 5 heteroatoms. The van der Waals surface area contributed by atoms with Gasteiger partial charge in [0.25, 0.3) is 0 Å². The average Bonchev–Trinajstić information content (AvgIpc) is 2.90. The van der Waals surface area contributed by atoms with Crippen LogP contribution >= 0.6 is 0 Å². The minimum atomic E-state index is -0.532. The van der Waals surface area contributed by atoms with Gasteiger partial charge in [-0.15, -0.1) is 0 Å². The highest BCUT2D eigenvalue weighted by Crippen LogP contribution is 2.20. The highest BCUT2D eigenvalue weighted by atomic mass is 19.1. The maximum Gasteiger partial charge on any atom is 0.363 e. The van der Waals surface area contributed by atoms with Crippen molar-refractivity contribution in [2.45, 2.75) is 0 Å². The first kappa shape index (κ1) is 14.0. The van der Waals surface area contributed by atoms with Gasteiger partial charge in [-0.3, -0.25) is 0 Å². The molecule has 22 heavy (non-hydrogen) atoms. The lowest BCUT2D eigenvalue weighted by Gasteiger charge is -1.99. The van der Waals surface area contributed by atoms with Gasteiger partial charge in [0.05, 0.1) is 7.11 Å². The number of carbonyl (C=O) groups is 1. The molecule has 2 aromatic carbocycles. The van der Waals surface area contributed by atoms with E-state index in [9.17, 15) is 9.18 Å². The lowest BCUT2D eigenvalue weighted by Crippen LogP contribution is -2.05. The molecule has 0 N–H and O–H groups in total. The van der Waals surface area contributed by atoms with E-state index in [0.717, 1.165) is 11.3 Å². The van der Waals surface area contributed by atoms with Gasteiger partial charge in [0.15, 0.2) is 5.70 Å². The highest BCUT2D eigenvalue weighted by Gasteiger charge is 2.24. The lowest BCUT2D eigenvalue weighted by atomic mass is 10.2. The minimum absolute atomic E-state index is 0.171. The summed E-state index contributed by atoms with van der Waals surface area (Å²) in [6, 6.07) is 12.8. The molecule has 1 aliphatic heterocycles. The lowest BCUT2D eigenvalue weighted by molar-refractivity contribution is -0.129. The number of halogens is 1. The molecule has 0 bridgehead atoms. The van der Waals surface area contributed by atoms with Crippen LogP contribution in [0.15, 0.2) is 59.2 Å². The molecule has 0 saturated carbocycles. The van der Waals surface area contributed by atoms with Crippen LogP contribution in [0.25, 0.3) is 6.08 Å². The second kappa shape index (κ2) is 5.81. The maximum absolute atomic E-state index is 12.9. The van der Waals surface area contributed by atoms with Crippen LogP contribution in [0, 0.1) is 5.82 Å². The normalized spacial score (nSPS) is 15.6. The summed E-state index contributed by atoms with van der Waals surface area (Å²) in [6.45, 7) is 0. The molecule has 0 radical (unpaired) electrons. The third-order valence-electron chi connectivity index (χ3n) is 3.13. The first-order chi connectivity index (χ1) is 10.7. The Kier molecular flexibility index (Phi) is 3.70. The predicted octanol–water partition coefficient (Wildman–Crippen LogP) is 3.18. The third kappa shape index (κ3) is 2.88. The Hall–Kier alpha value is -2.95. The van der Waals surface area contributed by atoms with Crippen LogP contribution in [0.5, 0.6) is 5.75 Å². The molecular weight excluding hydrogens is 285 g/mol. The molecule has 0 atom stereocenters. The van der Waals surface area contributed by atoms with Gasteiger partial charge in [0, 0.05) is 5.56 Å². The summed E-state index contributed by atoms with van der Waals surface area (Å²) in [5.74, 6) is 0.00854. The van der Waals surface area contributed by atoms with E-state index in [4.69, 9.17) is 9.47 Å². The fourth-order valence-corrected chi connectivity index (χ4v) is 1.98. The Bertz CT molecular complexity index is 761. The van der Waals surface area contributed by atoms with Crippen LogP contribution in [0.1, 0.15) is 11.1 Å². The molecule has 0 aliphatic carbocycles. The molecule has 2 aromatic rings. The monoisotopic (exact) mass is 297 g/mol. The van der Waals surface area contributed by atoms with Crippen LogP contribution in [0.4, 0.5) is 4.39 Å². The number of nitrogens with zero attached hydrogens (tertiary/aromatic N) is 1. The minimum Gasteiger partial charge on any atom is -0.497 e. The Labute approximate surface area is 126 Å². The SMILES string of the molecule is COc1ccc(/C=C2\N=C(c3ccc(F)cc3)OC2=O)cc1. The van der Waals surface area contributed by atoms with Gasteiger partial charge in [-0.25, -0.2) is 14.2 Å². The maximum atomic E-state index is 12.9. The number of ether oxygens (including phenoxy) is 2. The van der Waals surface area contributed by atoms with E-state index in [1.807, 2.05) is 12.1 Å². The van der Waals surface area contributed by atoms with Crippen molar-refractivity contribution < 1.29 is 18.7 Å². The number of benzene rings is 2. The van der Waals surface area contributed by atoms with Crippen molar-refractivity contribution in [2.24, 2.45) is 4.99 Å². The van der Waals surface area contributed by atoms with Crippen molar-refractivity contribution in [3.63, 3.8) is 0 Å². The number of methoxy groups -OCH3 is 1. The van der Waals surface area contributed by atoms with Gasteiger partial charge in [0.2, 0.25) is 5.90 Å². The Morgan fingerprint density at radius 3 is 2.41 bits per heavy atom. The van der Waals surface area contributed by atoms with Gasteiger partial charge < -0.3 is 9.47 Å². The number of hydrogen-bond donors (Lipinski definition) is 0. The molecule has 1 aliphatic rings. The predicted molar refractivity (Wildman–Crippen MR) is 80.0 cm³/mol. The van der Waals surface area contributed by atoms with Gasteiger partial charge in [-0.2, -0.15) is 0 Å². The topological polar surface area (TPSA) is 47.9 Å². The Morgan fingerprint density at radius 1 is 1.09 bits per heavy atom. The van der Waals surface area contributed by atoms with Crippen molar-refractivity contribution in [2.75, 3.05) is 7.11 Å². The zero-order valence-electron chi connectivity index (χ0n) is 11.7. The van der Waals surface area contributed by atoms with Crippen LogP contribution in [-0.2, 0) is 9.53 Å². The summed E-state index contributed by atoms with van der Waals surface area (Å²) in [4.78, 5) is 16.0. The van der Waals surface area contributed by atoms with Gasteiger partial charge in [-0.05, 0) is 48.0 Å². The first-order valence-corrected chi connectivity index (χ1v) is 6.58. The molecule has 4 nitrogen and oxygen atoms in total. The summed E-state index contributed by atoms with van der Waals surface area (Å²) in [5.41, 5.74) is 1.55. The largest absolute Gasteiger partial charge is 0.497 e. The molecule has 0 saturated heterocycles. The number of carbonyl (C=O) groups excluding carboxylic acids is 1. The fraction of sp³-hybridized carbons (Fsp3) is 0.0588. The number of esters is 1. The van der Waals surface area contributed by atoms with E-state index in [1.165, 1.54) is 24.3 Å². The second-order valence-corrected chi connectivity index (χ2v) is 4.62. The summed E-state index contributed by atoms with van der Waals surface area (Å²) < 4.78 is 23.1. The van der Waals surface area contributed by atoms with Crippen molar-refractivity contribution in [3.8, 4) is 5.75 Å². The number of hydrogen-bond acceptors (Lipinski definition) is 4. The molecule has 0 spiro atoms. The van der Waals surface area contributed by atoms with Crippen molar-refractivity contribution in [3.05, 3.63) is 71.2 Å². The van der Waals surface area contributed by atoms with Crippen LogP contribution in [0.3, 0.4) is 0 Å². The fourth-order valence-electron chi connectivity index (χ4n) is 1.98. The first-order valence-electron chi connectivity index (χ1n) is 6.58. The zero-order valence-corrected chi connectivity index (χ0v) is 11.7. The van der Waals surface area contributed by atoms with E-state index >= 15 is 0 Å². The van der Waals surface area contributed by atoms with E-state index in [0.29, 0.717) is 5.56 Å². The molecule has 0 unspecified atom stereocenters. The number of cyclic esters (lactones) is 1. The van der Waals surface area contributed by atoms with E-state index in [2.05, 4.69) is 4.99 Å². The third-order valence-corrected chi connectivity index (χ3v) is 3.13. The van der Waals surface area contributed by atoms with E-state index in [1.54, 1.807) is 25.3 Å². The van der Waals surface area contributed by atoms with Gasteiger partial charge >= 0.3 is 5.97 Å². The molecule has 110 valence electrons. The summed E-state index contributed by atoms with van der Waals surface area (Å²) >= 11 is 0. The van der Waals surface area contributed by atoms with Crippen molar-refractivity contribution in [1.29, 1.82) is 0 Å². The quantitative estimate of drug-likeness (QED) is 0.646. The Morgan fingerprint density at radius 2 is 1.77 bits per heavy atom. The van der Waals surface area contributed by atoms with Gasteiger partial charge in [0.1, 0.15) is 11.6 Å². The number of rotatable bonds is 3. The van der Waals surface area contributed by atoms with Crippen molar-refractivity contribution >= 4 is 17.9 Å². The molecule has 1 heterocycles. The van der Waals surface area contributed by atoms with Crippen molar-refractivity contribution in [1.82, 2.24) is 0 Å². The number of aliphatic imine (C=N–C) groups is 1. The molecule has 0 amide bonds. The molecular formula is C17H12FNO3. The van der Waals surface area contributed by atoms with Gasteiger partial charge in [-0.1, -0.05) is 12.1 Å². The van der Waals surface area contributed by atoms with Crippen LogP contribution < -0.4 is 4.74 Å². The summed E-state index contributed by atoms with van der Waals surface area (Å²) in [6.07, 6.45) is 1.62. The molecule has 0 fully saturated rings. The zero-order chi connectivity index (χ0) is 15.5.